The molecule has 0 saturated heterocycles. The molecule has 0 unspecified atom stereocenters. The largest absolute Gasteiger partial charge is 0.354 e. The van der Waals surface area contributed by atoms with Gasteiger partial charge in [-0.1, -0.05) is 85.5 Å². The Bertz CT molecular complexity index is 3130. The van der Waals surface area contributed by atoms with E-state index in [4.69, 9.17) is 9.97 Å². The molecule has 7 aromatic heterocycles. The summed E-state index contributed by atoms with van der Waals surface area (Å²) < 4.78 is 9.78. The molecule has 0 radical (unpaired) electrons. The molecule has 0 spiro atoms. The maximum absolute atomic E-state index is 5.75. The van der Waals surface area contributed by atoms with Crippen molar-refractivity contribution in [2.45, 2.75) is 163 Å². The fourth-order valence-corrected chi connectivity index (χ4v) is 10.9. The van der Waals surface area contributed by atoms with E-state index in [1.807, 2.05) is 0 Å². The topological polar surface area (TPSA) is 72.9 Å². The molecule has 8 nitrogen and oxygen atoms in total. The van der Waals surface area contributed by atoms with Crippen LogP contribution >= 0.6 is 0 Å². The molecule has 0 aliphatic carbocycles. The van der Waals surface area contributed by atoms with Gasteiger partial charge in [0.1, 0.15) is 26.2 Å². The summed E-state index contributed by atoms with van der Waals surface area (Å²) in [5, 5.41) is 0. The third kappa shape index (κ3) is 12.2. The van der Waals surface area contributed by atoms with Crippen LogP contribution in [0.2, 0.25) is 0 Å². The number of hydrogen-bond acceptors (Lipinski definition) is 2. The van der Waals surface area contributed by atoms with E-state index in [2.05, 4.69) is 202 Å². The van der Waals surface area contributed by atoms with Crippen molar-refractivity contribution in [2.24, 2.45) is 0 Å². The zero-order valence-electron chi connectivity index (χ0n) is 44.4. The van der Waals surface area contributed by atoms with Gasteiger partial charge in [-0.2, -0.15) is 18.3 Å². The molecule has 0 fully saturated rings. The Morgan fingerprint density at radius 1 is 0.301 bits per heavy atom. The van der Waals surface area contributed by atoms with Crippen molar-refractivity contribution in [1.82, 2.24) is 19.9 Å². The Labute approximate surface area is 435 Å². The Morgan fingerprint density at radius 2 is 0.548 bits per heavy atom. The first-order valence-corrected chi connectivity index (χ1v) is 28.2. The van der Waals surface area contributed by atoms with E-state index in [-0.39, 0.29) is 0 Å². The van der Waals surface area contributed by atoms with Crippen LogP contribution in [0, 0.1) is 0 Å². The number of fused-ring (bicyclic) bond motifs is 8. The summed E-state index contributed by atoms with van der Waals surface area (Å²) in [7, 11) is 0. The maximum atomic E-state index is 5.75. The smallest absolute Gasteiger partial charge is 0.216 e. The molecule has 7 aromatic rings. The molecular formula is C65H80N8+4. The fraction of sp³-hybridized carbons (Fsp3) is 0.385. The Kier molecular flexibility index (Phi) is 18.0. The van der Waals surface area contributed by atoms with Crippen LogP contribution in [0.4, 0.5) is 0 Å². The Hall–Kier alpha value is -6.80. The van der Waals surface area contributed by atoms with Crippen molar-refractivity contribution in [1.29, 1.82) is 0 Å². The molecule has 9 rings (SSSR count). The molecule has 0 amide bonds. The number of aromatic amines is 2. The highest BCUT2D eigenvalue weighted by Gasteiger charge is 2.27. The molecule has 8 heteroatoms. The number of hydrogen-bond donors (Lipinski definition) is 2. The highest BCUT2D eigenvalue weighted by atomic mass is 15.0. The van der Waals surface area contributed by atoms with Gasteiger partial charge in [-0.05, 0) is 98.5 Å². The van der Waals surface area contributed by atoms with Gasteiger partial charge in [-0.25, -0.2) is 9.97 Å². The highest BCUT2D eigenvalue weighted by molar-refractivity contribution is 5.97. The molecule has 2 N–H and O–H groups in total. The molecule has 376 valence electrons. The average molecular weight is 973 g/mol. The summed E-state index contributed by atoms with van der Waals surface area (Å²) in [6.07, 6.45) is 38.4. The van der Waals surface area contributed by atoms with Crippen LogP contribution in [-0.4, -0.2) is 19.9 Å². The van der Waals surface area contributed by atoms with Crippen LogP contribution in [0.25, 0.3) is 91.4 Å². The first-order valence-electron chi connectivity index (χ1n) is 28.2. The normalized spacial score (nSPS) is 12.1. The fourth-order valence-electron chi connectivity index (χ4n) is 10.9. The summed E-state index contributed by atoms with van der Waals surface area (Å²) in [5.41, 5.74) is 16.8. The summed E-state index contributed by atoms with van der Waals surface area (Å²) in [4.78, 5) is 19.6. The zero-order chi connectivity index (χ0) is 50.2. The van der Waals surface area contributed by atoms with Gasteiger partial charge in [0, 0.05) is 74.2 Å². The second-order valence-corrected chi connectivity index (χ2v) is 20.2. The van der Waals surface area contributed by atoms with Crippen molar-refractivity contribution < 1.29 is 18.3 Å². The molecular weight excluding hydrogens is 893 g/mol. The van der Waals surface area contributed by atoms with E-state index in [1.54, 1.807) is 0 Å². The summed E-state index contributed by atoms with van der Waals surface area (Å²) >= 11 is 0. The van der Waals surface area contributed by atoms with Gasteiger partial charge < -0.3 is 9.97 Å². The van der Waals surface area contributed by atoms with E-state index in [9.17, 15) is 0 Å². The van der Waals surface area contributed by atoms with Crippen molar-refractivity contribution >= 4 is 46.4 Å². The SMILES string of the molecule is CCCCCCC[n+]1ccccc1-c1c2nc(c(-c3cccc[n+]3CCCCCC)c3ccc([nH]3)c(-c3cccc[n+]3CCCCCC)c3nc(c(-c4cccc[n+]4CCCCCC)c4ccc1[nH]4)C=C3)C=C2. The molecule has 2 aliphatic heterocycles. The molecule has 0 saturated carbocycles. The summed E-state index contributed by atoms with van der Waals surface area (Å²) in [6.45, 7) is 12.9. The standard InChI is InChI=1S/C65H79N8/c1-5-9-13-17-25-45-73-49-29-21-33-61(73)65-56-40-38-54(68-56)63(59-31-19-27-47-71(59)43-23-15-11-7-3)52-36-34-50(66-52)62(58-30-18-26-46-70(58)42-22-14-10-6-2)51-35-37-53(67-51)64(55-39-41-57(65)69-55)60-32-20-28-48-72(60)44-24-16-12-8-4/h18-21,26-41,46-49H,5-17,22-25,42-45H2,1-4H3,(H,66,67,68,69)/q+3/p+1. The summed E-state index contributed by atoms with van der Waals surface area (Å²) in [5.74, 6) is 0. The molecule has 0 aromatic carbocycles. The van der Waals surface area contributed by atoms with Gasteiger partial charge in [-0.3, -0.25) is 0 Å². The lowest BCUT2D eigenvalue weighted by Gasteiger charge is -2.08. The van der Waals surface area contributed by atoms with Gasteiger partial charge in [0.25, 0.3) is 0 Å². The molecule has 8 bridgehead atoms. The van der Waals surface area contributed by atoms with Crippen LogP contribution < -0.4 is 18.3 Å². The van der Waals surface area contributed by atoms with E-state index >= 15 is 0 Å². The number of nitrogens with zero attached hydrogens (tertiary/aromatic N) is 6. The minimum Gasteiger partial charge on any atom is -0.354 e. The van der Waals surface area contributed by atoms with Gasteiger partial charge in [0.15, 0.2) is 24.8 Å². The van der Waals surface area contributed by atoms with Gasteiger partial charge in [0.05, 0.1) is 67.1 Å². The van der Waals surface area contributed by atoms with Crippen LogP contribution in [0.1, 0.15) is 160 Å². The predicted octanol–water partition coefficient (Wildman–Crippen LogP) is 15.2. The molecule has 73 heavy (non-hydrogen) atoms. The van der Waals surface area contributed by atoms with Crippen molar-refractivity contribution in [3.63, 3.8) is 0 Å². The minimum absolute atomic E-state index is 0.935. The van der Waals surface area contributed by atoms with E-state index in [0.29, 0.717) is 0 Å². The van der Waals surface area contributed by atoms with E-state index < -0.39 is 0 Å². The maximum Gasteiger partial charge on any atom is 0.216 e. The number of H-pyrrole nitrogens is 2. The number of nitrogens with one attached hydrogen (secondary N) is 2. The monoisotopic (exact) mass is 973 g/mol. The molecule has 9 heterocycles. The highest BCUT2D eigenvalue weighted by Crippen LogP contribution is 2.37. The van der Waals surface area contributed by atoms with Gasteiger partial charge in [0.2, 0.25) is 22.8 Å². The second kappa shape index (κ2) is 25.7. The molecule has 2 aliphatic rings. The Balaban J connectivity index is 1.38. The van der Waals surface area contributed by atoms with Gasteiger partial charge >= 0.3 is 0 Å². The third-order valence-corrected chi connectivity index (χ3v) is 14.8. The van der Waals surface area contributed by atoms with Crippen LogP contribution in [0.15, 0.2) is 122 Å². The van der Waals surface area contributed by atoms with Crippen molar-refractivity contribution in [2.75, 3.05) is 0 Å². The number of unbranched alkanes of at least 4 members (excludes halogenated alkanes) is 13. The number of aromatic nitrogens is 8. The zero-order valence-corrected chi connectivity index (χ0v) is 44.4. The first-order chi connectivity index (χ1) is 36.1. The van der Waals surface area contributed by atoms with Crippen molar-refractivity contribution in [3.05, 3.63) is 145 Å². The van der Waals surface area contributed by atoms with Gasteiger partial charge in [-0.15, -0.1) is 0 Å². The second-order valence-electron chi connectivity index (χ2n) is 20.2. The number of rotatable bonds is 25. The predicted molar refractivity (Wildman–Crippen MR) is 303 cm³/mol. The van der Waals surface area contributed by atoms with Crippen molar-refractivity contribution in [3.8, 4) is 45.0 Å². The first kappa shape index (κ1) is 51.1. The Morgan fingerprint density at radius 3 is 0.808 bits per heavy atom. The van der Waals surface area contributed by atoms with Crippen LogP contribution in [0.5, 0.6) is 0 Å². The lowest BCUT2D eigenvalue weighted by atomic mass is 10.1. The minimum atomic E-state index is 0.935. The summed E-state index contributed by atoms with van der Waals surface area (Å²) in [6, 6.07) is 35.6. The van der Waals surface area contributed by atoms with E-state index in [0.717, 1.165) is 142 Å². The van der Waals surface area contributed by atoms with Crippen LogP contribution in [0.3, 0.4) is 0 Å². The number of aryl methyl sites for hydroxylation is 4. The van der Waals surface area contributed by atoms with Crippen LogP contribution in [-0.2, 0) is 26.2 Å². The third-order valence-electron chi connectivity index (χ3n) is 14.8. The lowest BCUT2D eigenvalue weighted by molar-refractivity contribution is -0.686. The quantitative estimate of drug-likeness (QED) is 0.0442. The molecule has 0 atom stereocenters. The average Bonchev–Trinajstić information content (AvgIpc) is 4.28. The van der Waals surface area contributed by atoms with E-state index in [1.165, 1.54) is 83.5 Å². The number of pyridine rings is 4. The lowest BCUT2D eigenvalue weighted by Crippen LogP contribution is -2.36.